The van der Waals surface area contributed by atoms with Gasteiger partial charge in [-0.05, 0) is 48.9 Å². The van der Waals surface area contributed by atoms with Crippen LogP contribution in [0.5, 0.6) is 5.75 Å². The number of aryl methyl sites for hydroxylation is 1. The zero-order valence-corrected chi connectivity index (χ0v) is 14.5. The molecule has 1 fully saturated rings. The predicted molar refractivity (Wildman–Crippen MR) is 89.9 cm³/mol. The number of rotatable bonds is 7. The summed E-state index contributed by atoms with van der Waals surface area (Å²) in [6, 6.07) is 4.00. The average Bonchev–Trinajstić information content (AvgIpc) is 3.29. The van der Waals surface area contributed by atoms with Crippen LogP contribution in [0.15, 0.2) is 12.1 Å². The van der Waals surface area contributed by atoms with Gasteiger partial charge >= 0.3 is 0 Å². The van der Waals surface area contributed by atoms with Crippen LogP contribution >= 0.6 is 11.6 Å². The van der Waals surface area contributed by atoms with Crippen molar-refractivity contribution in [2.45, 2.75) is 45.6 Å². The van der Waals surface area contributed by atoms with Crippen LogP contribution < -0.4 is 15.4 Å². The summed E-state index contributed by atoms with van der Waals surface area (Å²) in [7, 11) is 0. The van der Waals surface area contributed by atoms with Crippen LogP contribution in [0.3, 0.4) is 0 Å². The highest BCUT2D eigenvalue weighted by atomic mass is 35.5. The molecular formula is C17H23ClN2O3. The van der Waals surface area contributed by atoms with Crippen LogP contribution in [0, 0.1) is 6.92 Å². The average molecular weight is 339 g/mol. The highest BCUT2D eigenvalue weighted by Crippen LogP contribution is 2.31. The Morgan fingerprint density at radius 3 is 2.61 bits per heavy atom. The summed E-state index contributed by atoms with van der Waals surface area (Å²) < 4.78 is 5.62. The molecule has 0 aromatic heterocycles. The molecule has 0 spiro atoms. The lowest BCUT2D eigenvalue weighted by Gasteiger charge is -2.16. The van der Waals surface area contributed by atoms with Gasteiger partial charge in [0.05, 0.1) is 6.54 Å². The Hall–Kier alpha value is -1.75. The van der Waals surface area contributed by atoms with E-state index in [1.165, 1.54) is 0 Å². The Kier molecular flexibility index (Phi) is 5.88. The Morgan fingerprint density at radius 2 is 2.00 bits per heavy atom. The summed E-state index contributed by atoms with van der Waals surface area (Å²) in [6.07, 6.45) is 2.05. The molecule has 6 heteroatoms. The molecule has 0 heterocycles. The molecule has 126 valence electrons. The van der Waals surface area contributed by atoms with Crippen molar-refractivity contribution in [3.05, 3.63) is 28.3 Å². The topological polar surface area (TPSA) is 67.4 Å². The van der Waals surface area contributed by atoms with Gasteiger partial charge in [0.2, 0.25) is 5.91 Å². The van der Waals surface area contributed by atoms with Gasteiger partial charge in [0, 0.05) is 11.1 Å². The lowest BCUT2D eigenvalue weighted by Crippen LogP contribution is -2.39. The molecule has 1 saturated carbocycles. The first-order valence-electron chi connectivity index (χ1n) is 7.85. The first-order chi connectivity index (χ1) is 10.9. The van der Waals surface area contributed by atoms with E-state index in [4.69, 9.17) is 16.3 Å². The minimum Gasteiger partial charge on any atom is -0.483 e. The number of amides is 2. The van der Waals surface area contributed by atoms with Crippen LogP contribution in [-0.2, 0) is 9.59 Å². The minimum absolute atomic E-state index is 0.0185. The molecule has 1 aromatic rings. The molecule has 0 aliphatic heterocycles. The van der Waals surface area contributed by atoms with Gasteiger partial charge < -0.3 is 15.4 Å². The molecule has 1 aliphatic rings. The van der Waals surface area contributed by atoms with E-state index in [0.29, 0.717) is 16.8 Å². The van der Waals surface area contributed by atoms with E-state index >= 15 is 0 Å². The summed E-state index contributed by atoms with van der Waals surface area (Å²) in [4.78, 5) is 23.3. The summed E-state index contributed by atoms with van der Waals surface area (Å²) in [5.74, 6) is 0.402. The summed E-state index contributed by atoms with van der Waals surface area (Å²) in [6.45, 7) is 5.82. The second kappa shape index (κ2) is 7.68. The maximum absolute atomic E-state index is 11.8. The number of hydrogen-bond donors (Lipinski definition) is 2. The molecule has 1 aliphatic carbocycles. The van der Waals surface area contributed by atoms with E-state index in [-0.39, 0.29) is 30.9 Å². The van der Waals surface area contributed by atoms with E-state index in [1.54, 1.807) is 0 Å². The van der Waals surface area contributed by atoms with Gasteiger partial charge in [-0.3, -0.25) is 9.59 Å². The number of hydrogen-bond acceptors (Lipinski definition) is 3. The largest absolute Gasteiger partial charge is 0.483 e. The lowest BCUT2D eigenvalue weighted by molar-refractivity contribution is -0.127. The number of nitrogens with one attached hydrogen (secondary N) is 2. The molecule has 23 heavy (non-hydrogen) atoms. The monoisotopic (exact) mass is 338 g/mol. The van der Waals surface area contributed by atoms with Gasteiger partial charge in [-0.2, -0.15) is 0 Å². The van der Waals surface area contributed by atoms with Crippen LogP contribution in [-0.4, -0.2) is 31.0 Å². The van der Waals surface area contributed by atoms with Gasteiger partial charge in [0.1, 0.15) is 5.75 Å². The fourth-order valence-electron chi connectivity index (χ4n) is 2.13. The van der Waals surface area contributed by atoms with Crippen LogP contribution in [0.4, 0.5) is 0 Å². The maximum atomic E-state index is 11.8. The van der Waals surface area contributed by atoms with Crippen molar-refractivity contribution in [1.29, 1.82) is 0 Å². The zero-order chi connectivity index (χ0) is 17.0. The molecule has 0 saturated heterocycles. The first kappa shape index (κ1) is 17.6. The summed E-state index contributed by atoms with van der Waals surface area (Å²) >= 11 is 6.14. The standard InChI is InChI=1S/C17H23ClN2O3/c1-10(2)13-7-14(18)11(3)6-15(13)23-9-17(22)19-8-16(21)20-12-4-5-12/h6-7,10,12H,4-5,8-9H2,1-3H3,(H,19,22)(H,20,21). The van der Waals surface area contributed by atoms with Crippen molar-refractivity contribution in [3.63, 3.8) is 0 Å². The number of benzene rings is 1. The van der Waals surface area contributed by atoms with Gasteiger partial charge in [-0.1, -0.05) is 25.4 Å². The Labute approximate surface area is 141 Å². The third-order valence-electron chi connectivity index (χ3n) is 3.66. The molecule has 0 unspecified atom stereocenters. The fourth-order valence-corrected chi connectivity index (χ4v) is 2.30. The molecular weight excluding hydrogens is 316 g/mol. The van der Waals surface area contributed by atoms with Crippen LogP contribution in [0.2, 0.25) is 5.02 Å². The molecule has 0 radical (unpaired) electrons. The van der Waals surface area contributed by atoms with Gasteiger partial charge in [-0.25, -0.2) is 0 Å². The molecule has 2 N–H and O–H groups in total. The minimum atomic E-state index is -0.321. The second-order valence-corrected chi connectivity index (χ2v) is 6.61. The molecule has 1 aromatic carbocycles. The highest BCUT2D eigenvalue weighted by Gasteiger charge is 2.23. The normalized spacial score (nSPS) is 13.8. The highest BCUT2D eigenvalue weighted by molar-refractivity contribution is 6.31. The maximum Gasteiger partial charge on any atom is 0.258 e. The molecule has 0 bridgehead atoms. The molecule has 2 amide bonds. The number of carbonyl (C=O) groups excluding carboxylic acids is 2. The molecule has 0 atom stereocenters. The fraction of sp³-hybridized carbons (Fsp3) is 0.529. The van der Waals surface area contributed by atoms with Crippen molar-refractivity contribution >= 4 is 23.4 Å². The Morgan fingerprint density at radius 1 is 1.30 bits per heavy atom. The predicted octanol–water partition coefficient (Wildman–Crippen LogP) is 2.55. The lowest BCUT2D eigenvalue weighted by atomic mass is 10.0. The summed E-state index contributed by atoms with van der Waals surface area (Å²) in [5.41, 5.74) is 1.86. The van der Waals surface area contributed by atoms with Crippen molar-refractivity contribution in [1.82, 2.24) is 10.6 Å². The second-order valence-electron chi connectivity index (χ2n) is 6.20. The Bertz CT molecular complexity index is 598. The third-order valence-corrected chi connectivity index (χ3v) is 4.07. The van der Waals surface area contributed by atoms with E-state index < -0.39 is 0 Å². The number of ether oxygens (including phenoxy) is 1. The van der Waals surface area contributed by atoms with E-state index in [2.05, 4.69) is 10.6 Å². The Balaban J connectivity index is 1.85. The van der Waals surface area contributed by atoms with Crippen molar-refractivity contribution in [3.8, 4) is 5.75 Å². The first-order valence-corrected chi connectivity index (χ1v) is 8.23. The van der Waals surface area contributed by atoms with Gasteiger partial charge in [0.15, 0.2) is 6.61 Å². The van der Waals surface area contributed by atoms with Gasteiger partial charge in [0.25, 0.3) is 5.91 Å². The zero-order valence-electron chi connectivity index (χ0n) is 13.7. The third kappa shape index (κ3) is 5.43. The van der Waals surface area contributed by atoms with Crippen LogP contribution in [0.25, 0.3) is 0 Å². The van der Waals surface area contributed by atoms with E-state index in [1.807, 2.05) is 32.9 Å². The van der Waals surface area contributed by atoms with Crippen molar-refractivity contribution in [2.75, 3.05) is 13.2 Å². The summed E-state index contributed by atoms with van der Waals surface area (Å²) in [5, 5.41) is 6.05. The molecule has 5 nitrogen and oxygen atoms in total. The van der Waals surface area contributed by atoms with Crippen molar-refractivity contribution in [2.24, 2.45) is 0 Å². The van der Waals surface area contributed by atoms with E-state index in [9.17, 15) is 9.59 Å². The molecule has 2 rings (SSSR count). The SMILES string of the molecule is Cc1cc(OCC(=O)NCC(=O)NC2CC2)c(C(C)C)cc1Cl. The number of carbonyl (C=O) groups is 2. The van der Waals surface area contributed by atoms with Gasteiger partial charge in [-0.15, -0.1) is 0 Å². The quantitative estimate of drug-likeness (QED) is 0.803. The smallest absolute Gasteiger partial charge is 0.258 e. The number of halogens is 1. The van der Waals surface area contributed by atoms with Crippen molar-refractivity contribution < 1.29 is 14.3 Å². The van der Waals surface area contributed by atoms with Crippen LogP contribution in [0.1, 0.15) is 43.7 Å². The van der Waals surface area contributed by atoms with E-state index in [0.717, 1.165) is 24.0 Å².